The summed E-state index contributed by atoms with van der Waals surface area (Å²) in [5.74, 6) is 0.692. The Morgan fingerprint density at radius 3 is 2.62 bits per heavy atom. The van der Waals surface area contributed by atoms with Crippen LogP contribution >= 0.6 is 0 Å². The Balaban J connectivity index is 1.61. The molecule has 6 nitrogen and oxygen atoms in total. The lowest BCUT2D eigenvalue weighted by molar-refractivity contribution is -0.378. The second-order valence-electron chi connectivity index (χ2n) is 9.88. The highest BCUT2D eigenvalue weighted by Crippen LogP contribution is 2.68. The number of hydrogen-bond acceptors (Lipinski definition) is 6. The molecule has 29 heavy (non-hydrogen) atoms. The van der Waals surface area contributed by atoms with E-state index in [0.29, 0.717) is 12.8 Å². The van der Waals surface area contributed by atoms with Gasteiger partial charge in [-0.15, -0.1) is 0 Å². The first-order valence-corrected chi connectivity index (χ1v) is 11.0. The van der Waals surface area contributed by atoms with Gasteiger partial charge in [-0.3, -0.25) is 0 Å². The zero-order chi connectivity index (χ0) is 20.2. The Hall–Kier alpha value is -1.34. The molecule has 1 aromatic rings. The van der Waals surface area contributed by atoms with Crippen LogP contribution in [0.2, 0.25) is 0 Å². The highest BCUT2D eigenvalue weighted by Gasteiger charge is 2.77. The predicted molar refractivity (Wildman–Crippen MR) is 106 cm³/mol. The fourth-order valence-corrected chi connectivity index (χ4v) is 7.37. The highest BCUT2D eigenvalue weighted by atomic mass is 16.7. The van der Waals surface area contributed by atoms with Crippen LogP contribution in [0.4, 0.5) is 0 Å². The van der Waals surface area contributed by atoms with Crippen LogP contribution < -0.4 is 9.47 Å². The van der Waals surface area contributed by atoms with Crippen molar-refractivity contribution in [3.8, 4) is 11.5 Å². The molecule has 3 aliphatic heterocycles. The van der Waals surface area contributed by atoms with Gasteiger partial charge in [0, 0.05) is 18.0 Å². The van der Waals surface area contributed by atoms with Crippen molar-refractivity contribution in [1.29, 1.82) is 0 Å². The Morgan fingerprint density at radius 1 is 1.14 bits per heavy atom. The third kappa shape index (κ3) is 2.02. The third-order valence-corrected chi connectivity index (χ3v) is 8.40. The van der Waals surface area contributed by atoms with Crippen LogP contribution in [0.1, 0.15) is 50.7 Å². The molecule has 2 saturated heterocycles. The van der Waals surface area contributed by atoms with Crippen molar-refractivity contribution in [2.75, 3.05) is 20.7 Å². The van der Waals surface area contributed by atoms with E-state index in [2.05, 4.69) is 31.9 Å². The van der Waals surface area contributed by atoms with Crippen molar-refractivity contribution >= 4 is 0 Å². The molecule has 158 valence electrons. The normalized spacial score (nSPS) is 47.6. The average molecular weight is 402 g/mol. The number of ether oxygens (including phenoxy) is 4. The molecule has 2 aliphatic carbocycles. The maximum Gasteiger partial charge on any atom is 0.207 e. The van der Waals surface area contributed by atoms with Crippen LogP contribution in [0.15, 0.2) is 12.1 Å². The smallest absolute Gasteiger partial charge is 0.207 e. The number of piperidine rings is 1. The summed E-state index contributed by atoms with van der Waals surface area (Å²) < 4.78 is 25.5. The Bertz CT molecular complexity index is 863. The fraction of sp³-hybridized carbons (Fsp3) is 0.739. The molecular formula is C23H31NO5. The third-order valence-electron chi connectivity index (χ3n) is 8.40. The molecule has 0 radical (unpaired) electrons. The summed E-state index contributed by atoms with van der Waals surface area (Å²) in [7, 11) is 3.82. The number of methoxy groups -OCH3 is 1. The summed E-state index contributed by atoms with van der Waals surface area (Å²) in [6.07, 6.45) is 3.64. The molecule has 0 amide bonds. The van der Waals surface area contributed by atoms with Crippen molar-refractivity contribution in [1.82, 2.24) is 4.90 Å². The van der Waals surface area contributed by atoms with E-state index in [9.17, 15) is 5.11 Å². The summed E-state index contributed by atoms with van der Waals surface area (Å²) in [6.45, 7) is 5.15. The number of fused-ring (bicyclic) bond motifs is 1. The second-order valence-corrected chi connectivity index (χ2v) is 9.88. The molecule has 3 unspecified atom stereocenters. The molecule has 0 aromatic heterocycles. The van der Waals surface area contributed by atoms with Crippen molar-refractivity contribution in [3.05, 3.63) is 23.3 Å². The molecule has 7 atom stereocenters. The number of hydrogen-bond donors (Lipinski definition) is 1. The Morgan fingerprint density at radius 2 is 1.90 bits per heavy atom. The molecule has 2 spiro atoms. The molecule has 2 bridgehead atoms. The SMILES string of the molecule is COc1ccc2c3c1OC1C4(CCC5(O)[C@@H](C2)N(C)CC[C@]315)O[C@H](C)C[C@H](C)O4. The number of benzene rings is 1. The topological polar surface area (TPSA) is 60.4 Å². The van der Waals surface area contributed by atoms with E-state index in [1.807, 2.05) is 6.07 Å². The van der Waals surface area contributed by atoms with Crippen molar-refractivity contribution < 1.29 is 24.1 Å². The molecule has 3 fully saturated rings. The molecule has 1 saturated carbocycles. The van der Waals surface area contributed by atoms with E-state index in [1.165, 1.54) is 5.56 Å². The molecule has 3 heterocycles. The summed E-state index contributed by atoms with van der Waals surface area (Å²) >= 11 is 0. The van der Waals surface area contributed by atoms with Crippen LogP contribution in [0.3, 0.4) is 0 Å². The van der Waals surface area contributed by atoms with E-state index in [-0.39, 0.29) is 24.4 Å². The molecule has 6 rings (SSSR count). The zero-order valence-electron chi connectivity index (χ0n) is 17.7. The minimum absolute atomic E-state index is 0.0741. The van der Waals surface area contributed by atoms with Crippen LogP contribution in [0.5, 0.6) is 11.5 Å². The van der Waals surface area contributed by atoms with Crippen LogP contribution in [0.25, 0.3) is 0 Å². The van der Waals surface area contributed by atoms with Crippen LogP contribution in [0, 0.1) is 0 Å². The Kier molecular flexibility index (Phi) is 3.60. The first-order chi connectivity index (χ1) is 13.8. The predicted octanol–water partition coefficient (Wildman–Crippen LogP) is 2.39. The monoisotopic (exact) mass is 401 g/mol. The first kappa shape index (κ1) is 18.4. The summed E-state index contributed by atoms with van der Waals surface area (Å²) in [5.41, 5.74) is 1.01. The van der Waals surface area contributed by atoms with Gasteiger partial charge in [0.15, 0.2) is 17.6 Å². The standard InChI is InChI=1S/C23H31NO5/c1-13-11-14(2)29-23(28-13)8-7-22(25)17-12-15-5-6-16(26-4)19-18(15)21(22,20(23)27-19)9-10-24(17)3/h5-6,13-14,17,20,25H,7-12H2,1-4H3/t13-,14+,17-,20?,21+,22?,23?/m1/s1. The Labute approximate surface area is 172 Å². The van der Waals surface area contributed by atoms with Gasteiger partial charge in [-0.2, -0.15) is 0 Å². The lowest BCUT2D eigenvalue weighted by Crippen LogP contribution is -2.80. The van der Waals surface area contributed by atoms with Gasteiger partial charge in [0.25, 0.3) is 0 Å². The number of nitrogens with zero attached hydrogens (tertiary/aromatic N) is 1. The van der Waals surface area contributed by atoms with Gasteiger partial charge >= 0.3 is 0 Å². The van der Waals surface area contributed by atoms with Gasteiger partial charge in [-0.1, -0.05) is 6.07 Å². The van der Waals surface area contributed by atoms with Crippen LogP contribution in [-0.2, 0) is 21.3 Å². The fourth-order valence-electron chi connectivity index (χ4n) is 7.37. The van der Waals surface area contributed by atoms with E-state index >= 15 is 0 Å². The molecule has 5 aliphatic rings. The summed E-state index contributed by atoms with van der Waals surface area (Å²) in [5, 5.41) is 12.3. The molecular weight excluding hydrogens is 370 g/mol. The minimum atomic E-state index is -0.864. The van der Waals surface area contributed by atoms with E-state index in [0.717, 1.165) is 42.9 Å². The largest absolute Gasteiger partial charge is 0.493 e. The minimum Gasteiger partial charge on any atom is -0.493 e. The van der Waals surface area contributed by atoms with Crippen molar-refractivity contribution in [2.45, 2.75) is 87.1 Å². The van der Waals surface area contributed by atoms with Crippen molar-refractivity contribution in [2.24, 2.45) is 0 Å². The van der Waals surface area contributed by atoms with Gasteiger partial charge in [-0.25, -0.2) is 0 Å². The quantitative estimate of drug-likeness (QED) is 0.780. The maximum atomic E-state index is 12.3. The van der Waals surface area contributed by atoms with Crippen molar-refractivity contribution in [3.63, 3.8) is 0 Å². The lowest BCUT2D eigenvalue weighted by atomic mass is 9.48. The lowest BCUT2D eigenvalue weighted by Gasteiger charge is -2.66. The van der Waals surface area contributed by atoms with E-state index < -0.39 is 16.8 Å². The summed E-state index contributed by atoms with van der Waals surface area (Å²) in [6, 6.07) is 4.24. The number of likely N-dealkylation sites (N-methyl/N-ethyl adjacent to an activating group) is 1. The van der Waals surface area contributed by atoms with E-state index in [4.69, 9.17) is 18.9 Å². The second kappa shape index (κ2) is 5.67. The molecule has 1 N–H and O–H groups in total. The van der Waals surface area contributed by atoms with Gasteiger partial charge in [0.05, 0.1) is 30.3 Å². The number of aliphatic hydroxyl groups is 1. The number of likely N-dealkylation sites (tertiary alicyclic amines) is 1. The zero-order valence-corrected chi connectivity index (χ0v) is 17.7. The first-order valence-electron chi connectivity index (χ1n) is 11.0. The maximum absolute atomic E-state index is 12.3. The van der Waals surface area contributed by atoms with Crippen LogP contribution in [-0.4, -0.2) is 66.5 Å². The van der Waals surface area contributed by atoms with Gasteiger partial charge in [0.1, 0.15) is 0 Å². The molecule has 1 aromatic carbocycles. The highest BCUT2D eigenvalue weighted by molar-refractivity contribution is 5.63. The average Bonchev–Trinajstić information content (AvgIpc) is 3.03. The van der Waals surface area contributed by atoms with Gasteiger partial charge < -0.3 is 29.0 Å². The van der Waals surface area contributed by atoms with Gasteiger partial charge in [0.2, 0.25) is 5.79 Å². The molecule has 6 heteroatoms. The van der Waals surface area contributed by atoms with Gasteiger partial charge in [-0.05, 0) is 64.8 Å². The van der Waals surface area contributed by atoms with E-state index in [1.54, 1.807) is 7.11 Å². The number of rotatable bonds is 1. The summed E-state index contributed by atoms with van der Waals surface area (Å²) in [4.78, 5) is 2.33.